The van der Waals surface area contributed by atoms with Crippen LogP contribution in [0.4, 0.5) is 5.82 Å². The molecule has 0 radical (unpaired) electrons. The van der Waals surface area contributed by atoms with E-state index in [-0.39, 0.29) is 11.8 Å². The number of hydrogen-bond donors (Lipinski definition) is 1. The smallest absolute Gasteiger partial charge is 0.229 e. The fourth-order valence-electron chi connectivity index (χ4n) is 2.37. The highest BCUT2D eigenvalue weighted by Gasteiger charge is 2.30. The van der Waals surface area contributed by atoms with Crippen molar-refractivity contribution in [2.24, 2.45) is 5.92 Å². The second-order valence-corrected chi connectivity index (χ2v) is 5.08. The zero-order valence-electron chi connectivity index (χ0n) is 11.3. The Morgan fingerprint density at radius 2 is 2.15 bits per heavy atom. The van der Waals surface area contributed by atoms with Crippen LogP contribution >= 0.6 is 0 Å². The molecule has 2 aromatic rings. The lowest BCUT2D eigenvalue weighted by atomic mass is 10.1. The molecule has 1 saturated heterocycles. The topological polar surface area (TPSA) is 49.0 Å². The first kappa shape index (κ1) is 12.5. The maximum Gasteiger partial charge on any atom is 0.229 e. The Morgan fingerprint density at radius 1 is 1.40 bits per heavy atom. The standard InChI is InChI=1S/C16H15N3O/c1-3-12-8-16(20)19(10-12)15-9-14(17-18-15)13-6-4-11(2)5-7-13/h1,4-7,9,12H,8,10H2,2H3,(H,17,18). The molecule has 1 aliphatic rings. The molecule has 1 aliphatic heterocycles. The van der Waals surface area contributed by atoms with Gasteiger partial charge in [-0.1, -0.05) is 29.8 Å². The first-order valence-corrected chi connectivity index (χ1v) is 6.56. The number of aryl methyl sites for hydroxylation is 1. The van der Waals surface area contributed by atoms with E-state index >= 15 is 0 Å². The third-order valence-electron chi connectivity index (χ3n) is 3.56. The van der Waals surface area contributed by atoms with Crippen molar-refractivity contribution >= 4 is 11.7 Å². The number of amides is 1. The highest BCUT2D eigenvalue weighted by molar-refractivity contribution is 5.95. The maximum absolute atomic E-state index is 11.9. The van der Waals surface area contributed by atoms with Gasteiger partial charge in [0.1, 0.15) is 0 Å². The number of aromatic amines is 1. The summed E-state index contributed by atoms with van der Waals surface area (Å²) in [6.07, 6.45) is 5.80. The molecule has 1 fully saturated rings. The van der Waals surface area contributed by atoms with Gasteiger partial charge in [0.15, 0.2) is 5.82 Å². The van der Waals surface area contributed by atoms with Gasteiger partial charge >= 0.3 is 0 Å². The van der Waals surface area contributed by atoms with Gasteiger partial charge in [-0.3, -0.25) is 14.8 Å². The zero-order chi connectivity index (χ0) is 14.1. The number of hydrogen-bond acceptors (Lipinski definition) is 2. The number of carbonyl (C=O) groups excluding carboxylic acids is 1. The van der Waals surface area contributed by atoms with Gasteiger partial charge in [0.2, 0.25) is 5.91 Å². The molecule has 1 aromatic carbocycles. The van der Waals surface area contributed by atoms with E-state index in [1.165, 1.54) is 5.56 Å². The van der Waals surface area contributed by atoms with Crippen LogP contribution < -0.4 is 4.90 Å². The Hall–Kier alpha value is -2.54. The minimum Gasteiger partial charge on any atom is -0.294 e. The summed E-state index contributed by atoms with van der Waals surface area (Å²) >= 11 is 0. The molecule has 3 rings (SSSR count). The van der Waals surface area contributed by atoms with Crippen LogP contribution in [-0.2, 0) is 4.79 Å². The Morgan fingerprint density at radius 3 is 2.80 bits per heavy atom. The number of carbonyl (C=O) groups is 1. The second-order valence-electron chi connectivity index (χ2n) is 5.08. The van der Waals surface area contributed by atoms with Gasteiger partial charge in [-0.25, -0.2) is 0 Å². The lowest BCUT2D eigenvalue weighted by Crippen LogP contribution is -2.24. The van der Waals surface area contributed by atoms with E-state index in [9.17, 15) is 4.79 Å². The normalized spacial score (nSPS) is 18.3. The molecular weight excluding hydrogens is 250 g/mol. The predicted octanol–water partition coefficient (Wildman–Crippen LogP) is 2.37. The van der Waals surface area contributed by atoms with Crippen molar-refractivity contribution in [2.75, 3.05) is 11.4 Å². The molecular formula is C16H15N3O. The molecule has 0 saturated carbocycles. The van der Waals surface area contributed by atoms with E-state index in [1.54, 1.807) is 4.90 Å². The summed E-state index contributed by atoms with van der Waals surface area (Å²) in [6, 6.07) is 10.0. The molecule has 20 heavy (non-hydrogen) atoms. The second kappa shape index (κ2) is 4.86. The van der Waals surface area contributed by atoms with Gasteiger partial charge in [-0.05, 0) is 12.5 Å². The van der Waals surface area contributed by atoms with Crippen LogP contribution in [-0.4, -0.2) is 22.6 Å². The SMILES string of the molecule is C#CC1CC(=O)N(c2cc(-c3ccc(C)cc3)[nH]n2)C1. The van der Waals surface area contributed by atoms with E-state index in [1.807, 2.05) is 37.3 Å². The summed E-state index contributed by atoms with van der Waals surface area (Å²) in [7, 11) is 0. The van der Waals surface area contributed by atoms with E-state index < -0.39 is 0 Å². The third-order valence-corrected chi connectivity index (χ3v) is 3.56. The zero-order valence-corrected chi connectivity index (χ0v) is 11.3. The highest BCUT2D eigenvalue weighted by atomic mass is 16.2. The average Bonchev–Trinajstić information content (AvgIpc) is 3.06. The first-order chi connectivity index (χ1) is 9.67. The third kappa shape index (κ3) is 2.19. The Labute approximate surface area is 117 Å². The number of aromatic nitrogens is 2. The fourth-order valence-corrected chi connectivity index (χ4v) is 2.37. The number of anilines is 1. The summed E-state index contributed by atoms with van der Waals surface area (Å²) in [4.78, 5) is 13.6. The Kier molecular flexibility index (Phi) is 3.03. The van der Waals surface area contributed by atoms with E-state index in [4.69, 9.17) is 6.42 Å². The molecule has 4 nitrogen and oxygen atoms in total. The molecule has 4 heteroatoms. The van der Waals surface area contributed by atoms with Gasteiger partial charge in [-0.15, -0.1) is 12.3 Å². The van der Waals surface area contributed by atoms with Crippen molar-refractivity contribution in [3.8, 4) is 23.6 Å². The van der Waals surface area contributed by atoms with Crippen LogP contribution in [0.15, 0.2) is 30.3 Å². The van der Waals surface area contributed by atoms with Crippen LogP contribution in [0.1, 0.15) is 12.0 Å². The monoisotopic (exact) mass is 265 g/mol. The Balaban J connectivity index is 1.86. The van der Waals surface area contributed by atoms with Crippen molar-refractivity contribution in [1.29, 1.82) is 0 Å². The van der Waals surface area contributed by atoms with Crippen molar-refractivity contribution < 1.29 is 4.79 Å². The number of H-pyrrole nitrogens is 1. The average molecular weight is 265 g/mol. The molecule has 1 unspecified atom stereocenters. The molecule has 0 bridgehead atoms. The molecule has 1 N–H and O–H groups in total. The maximum atomic E-state index is 11.9. The highest BCUT2D eigenvalue weighted by Crippen LogP contribution is 2.26. The minimum absolute atomic E-state index is 0.0120. The van der Waals surface area contributed by atoms with Gasteiger partial charge in [0, 0.05) is 24.9 Å². The van der Waals surface area contributed by atoms with Crippen LogP contribution in [0.25, 0.3) is 11.3 Å². The van der Waals surface area contributed by atoms with Gasteiger partial charge in [0.25, 0.3) is 0 Å². The number of nitrogens with one attached hydrogen (secondary N) is 1. The number of nitrogens with zero attached hydrogens (tertiary/aromatic N) is 2. The number of rotatable bonds is 2. The van der Waals surface area contributed by atoms with Crippen molar-refractivity contribution in [2.45, 2.75) is 13.3 Å². The summed E-state index contributed by atoms with van der Waals surface area (Å²) in [5, 5.41) is 7.20. The van der Waals surface area contributed by atoms with Crippen LogP contribution in [0.2, 0.25) is 0 Å². The molecule has 0 aliphatic carbocycles. The van der Waals surface area contributed by atoms with E-state index in [0.717, 1.165) is 11.3 Å². The van der Waals surface area contributed by atoms with Crippen molar-refractivity contribution in [3.05, 3.63) is 35.9 Å². The van der Waals surface area contributed by atoms with E-state index in [0.29, 0.717) is 18.8 Å². The molecule has 1 aromatic heterocycles. The van der Waals surface area contributed by atoms with Crippen molar-refractivity contribution in [3.63, 3.8) is 0 Å². The molecule has 1 atom stereocenters. The van der Waals surface area contributed by atoms with Gasteiger partial charge in [0.05, 0.1) is 5.69 Å². The molecule has 1 amide bonds. The van der Waals surface area contributed by atoms with Crippen LogP contribution in [0, 0.1) is 25.2 Å². The fraction of sp³-hybridized carbons (Fsp3) is 0.250. The summed E-state index contributed by atoms with van der Waals surface area (Å²) < 4.78 is 0. The van der Waals surface area contributed by atoms with Gasteiger partial charge < -0.3 is 0 Å². The lowest BCUT2D eigenvalue weighted by molar-refractivity contribution is -0.117. The minimum atomic E-state index is -0.0120. The van der Waals surface area contributed by atoms with Crippen LogP contribution in [0.5, 0.6) is 0 Å². The van der Waals surface area contributed by atoms with Crippen molar-refractivity contribution in [1.82, 2.24) is 10.2 Å². The summed E-state index contributed by atoms with van der Waals surface area (Å²) in [5.74, 6) is 3.31. The predicted molar refractivity (Wildman–Crippen MR) is 78.1 cm³/mol. The lowest BCUT2D eigenvalue weighted by Gasteiger charge is -2.11. The first-order valence-electron chi connectivity index (χ1n) is 6.56. The summed E-state index contributed by atoms with van der Waals surface area (Å²) in [5.41, 5.74) is 3.16. The number of benzene rings is 1. The van der Waals surface area contributed by atoms with Gasteiger partial charge in [-0.2, -0.15) is 5.10 Å². The quantitative estimate of drug-likeness (QED) is 0.847. The Bertz CT molecular complexity index is 678. The van der Waals surface area contributed by atoms with E-state index in [2.05, 4.69) is 16.1 Å². The molecule has 2 heterocycles. The summed E-state index contributed by atoms with van der Waals surface area (Å²) in [6.45, 7) is 2.60. The van der Waals surface area contributed by atoms with Crippen LogP contribution in [0.3, 0.4) is 0 Å². The number of terminal acetylenes is 1. The molecule has 100 valence electrons. The largest absolute Gasteiger partial charge is 0.294 e. The molecule has 0 spiro atoms.